The van der Waals surface area contributed by atoms with E-state index in [9.17, 15) is 9.59 Å². The van der Waals surface area contributed by atoms with E-state index in [0.717, 1.165) is 16.9 Å². The smallest absolute Gasteiger partial charge is 0.278 e. The van der Waals surface area contributed by atoms with E-state index in [4.69, 9.17) is 9.47 Å². The Bertz CT molecular complexity index is 959. The van der Waals surface area contributed by atoms with Gasteiger partial charge in [-0.2, -0.15) is 0 Å². The molecule has 3 rings (SSSR count). The molecule has 2 aromatic carbocycles. The molecule has 1 aliphatic rings. The molecule has 0 spiro atoms. The summed E-state index contributed by atoms with van der Waals surface area (Å²) < 4.78 is 10.1. The predicted molar refractivity (Wildman–Crippen MR) is 123 cm³/mol. The highest BCUT2D eigenvalue weighted by Crippen LogP contribution is 2.26. The fraction of sp³-hybridized carbons (Fsp3) is 0.261. The summed E-state index contributed by atoms with van der Waals surface area (Å²) in [5.74, 6) is 0.577. The highest BCUT2D eigenvalue weighted by molar-refractivity contribution is 8.14. The summed E-state index contributed by atoms with van der Waals surface area (Å²) in [4.78, 5) is 31.3. The minimum atomic E-state index is -0.193. The Morgan fingerprint density at radius 2 is 1.87 bits per heavy atom. The average molecular weight is 440 g/mol. The third kappa shape index (κ3) is 6.44. The van der Waals surface area contributed by atoms with Crippen LogP contribution < -0.4 is 10.1 Å². The van der Waals surface area contributed by atoms with E-state index in [1.54, 1.807) is 25.2 Å². The molecule has 0 aliphatic carbocycles. The number of amides is 2. The predicted octanol–water partition coefficient (Wildman–Crippen LogP) is 2.93. The summed E-state index contributed by atoms with van der Waals surface area (Å²) in [5.41, 5.74) is 2.17. The SMILES string of the molecule is COCCNC(=O)CSC1=N/C(=C\c2ccc(OC)cc2)C(=O)N1Cc1ccccc1. The van der Waals surface area contributed by atoms with Crippen molar-refractivity contribution in [1.29, 1.82) is 0 Å². The molecule has 0 radical (unpaired) electrons. The van der Waals surface area contributed by atoms with Crippen molar-refractivity contribution < 1.29 is 19.1 Å². The summed E-state index contributed by atoms with van der Waals surface area (Å²) >= 11 is 1.24. The number of rotatable bonds is 9. The van der Waals surface area contributed by atoms with Crippen molar-refractivity contribution in [2.75, 3.05) is 33.1 Å². The van der Waals surface area contributed by atoms with Crippen molar-refractivity contribution in [1.82, 2.24) is 10.2 Å². The van der Waals surface area contributed by atoms with Crippen molar-refractivity contribution in [3.05, 3.63) is 71.4 Å². The third-order valence-electron chi connectivity index (χ3n) is 4.47. The van der Waals surface area contributed by atoms with Crippen LogP contribution in [0.1, 0.15) is 11.1 Å². The lowest BCUT2D eigenvalue weighted by atomic mass is 10.1. The van der Waals surface area contributed by atoms with Gasteiger partial charge in [0.15, 0.2) is 5.17 Å². The lowest BCUT2D eigenvalue weighted by Gasteiger charge is -2.17. The Morgan fingerprint density at radius 1 is 1.13 bits per heavy atom. The fourth-order valence-electron chi connectivity index (χ4n) is 2.88. The maximum atomic E-state index is 13.1. The molecule has 0 saturated heterocycles. The average Bonchev–Trinajstić information content (AvgIpc) is 3.08. The van der Waals surface area contributed by atoms with E-state index < -0.39 is 0 Å². The molecule has 1 heterocycles. The molecule has 2 amide bonds. The topological polar surface area (TPSA) is 80.2 Å². The van der Waals surface area contributed by atoms with Gasteiger partial charge in [0.05, 0.1) is 26.0 Å². The van der Waals surface area contributed by atoms with Gasteiger partial charge in [-0.3, -0.25) is 14.5 Å². The Morgan fingerprint density at radius 3 is 2.55 bits per heavy atom. The molecule has 162 valence electrons. The van der Waals surface area contributed by atoms with Crippen LogP contribution in [0.25, 0.3) is 6.08 Å². The van der Waals surface area contributed by atoms with Gasteiger partial charge >= 0.3 is 0 Å². The van der Waals surface area contributed by atoms with Crippen molar-refractivity contribution in [2.45, 2.75) is 6.54 Å². The van der Waals surface area contributed by atoms with Crippen molar-refractivity contribution in [3.8, 4) is 5.75 Å². The van der Waals surface area contributed by atoms with E-state index >= 15 is 0 Å². The largest absolute Gasteiger partial charge is 0.497 e. The highest BCUT2D eigenvalue weighted by Gasteiger charge is 2.31. The first kappa shape index (κ1) is 22.6. The number of hydrogen-bond acceptors (Lipinski definition) is 6. The van der Waals surface area contributed by atoms with Gasteiger partial charge in [0.1, 0.15) is 11.4 Å². The summed E-state index contributed by atoms with van der Waals surface area (Å²) in [6.45, 7) is 1.28. The molecule has 1 N–H and O–H groups in total. The van der Waals surface area contributed by atoms with Crippen LogP contribution in [0.2, 0.25) is 0 Å². The van der Waals surface area contributed by atoms with Crippen LogP contribution in [0.5, 0.6) is 5.75 Å². The molecule has 0 bridgehead atoms. The van der Waals surface area contributed by atoms with Gasteiger partial charge in [-0.15, -0.1) is 0 Å². The quantitative estimate of drug-likeness (QED) is 0.480. The fourth-order valence-corrected chi connectivity index (χ4v) is 3.71. The second-order valence-electron chi connectivity index (χ2n) is 6.71. The van der Waals surface area contributed by atoms with E-state index in [2.05, 4.69) is 10.3 Å². The van der Waals surface area contributed by atoms with Crippen LogP contribution in [0.3, 0.4) is 0 Å². The van der Waals surface area contributed by atoms with Crippen molar-refractivity contribution >= 4 is 34.8 Å². The first-order valence-electron chi connectivity index (χ1n) is 9.79. The molecule has 7 nitrogen and oxygen atoms in total. The van der Waals surface area contributed by atoms with Gasteiger partial charge in [-0.25, -0.2) is 4.99 Å². The number of methoxy groups -OCH3 is 2. The molecule has 0 aromatic heterocycles. The van der Waals surface area contributed by atoms with E-state index in [1.807, 2.05) is 54.6 Å². The number of thioether (sulfide) groups is 1. The summed E-state index contributed by atoms with van der Waals surface area (Å²) in [6.07, 6.45) is 1.74. The van der Waals surface area contributed by atoms with Gasteiger partial charge in [0, 0.05) is 13.7 Å². The molecular weight excluding hydrogens is 414 g/mol. The van der Waals surface area contributed by atoms with Gasteiger partial charge in [0.2, 0.25) is 5.91 Å². The normalized spacial score (nSPS) is 14.6. The number of carbonyl (C=O) groups is 2. The number of ether oxygens (including phenoxy) is 2. The van der Waals surface area contributed by atoms with Crippen LogP contribution in [-0.4, -0.2) is 55.0 Å². The zero-order valence-electron chi connectivity index (χ0n) is 17.5. The summed E-state index contributed by atoms with van der Waals surface area (Å²) in [5, 5.41) is 3.29. The Hall–Kier alpha value is -3.10. The highest BCUT2D eigenvalue weighted by atomic mass is 32.2. The van der Waals surface area contributed by atoms with Crippen LogP contribution in [-0.2, 0) is 20.9 Å². The Balaban J connectivity index is 1.77. The number of carbonyl (C=O) groups excluding carboxylic acids is 2. The van der Waals surface area contributed by atoms with Crippen LogP contribution in [0.15, 0.2) is 65.3 Å². The van der Waals surface area contributed by atoms with Crippen molar-refractivity contribution in [3.63, 3.8) is 0 Å². The van der Waals surface area contributed by atoms with Gasteiger partial charge < -0.3 is 14.8 Å². The molecule has 0 fully saturated rings. The second kappa shape index (κ2) is 11.3. The zero-order chi connectivity index (χ0) is 22.1. The summed E-state index contributed by atoms with van der Waals surface area (Å²) in [7, 11) is 3.19. The maximum absolute atomic E-state index is 13.1. The van der Waals surface area contributed by atoms with Crippen LogP contribution >= 0.6 is 11.8 Å². The second-order valence-corrected chi connectivity index (χ2v) is 7.65. The number of amidine groups is 1. The monoisotopic (exact) mass is 439 g/mol. The molecule has 0 saturated carbocycles. The van der Waals surface area contributed by atoms with Crippen molar-refractivity contribution in [2.24, 2.45) is 4.99 Å². The number of benzene rings is 2. The lowest BCUT2D eigenvalue weighted by molar-refractivity contribution is -0.123. The number of hydrogen-bond donors (Lipinski definition) is 1. The number of nitrogens with one attached hydrogen (secondary N) is 1. The minimum absolute atomic E-state index is 0.135. The molecule has 2 aromatic rings. The summed E-state index contributed by atoms with van der Waals surface area (Å²) in [6, 6.07) is 17.1. The number of nitrogens with zero attached hydrogens (tertiary/aromatic N) is 2. The van der Waals surface area contributed by atoms with Crippen LogP contribution in [0, 0.1) is 0 Å². The third-order valence-corrected chi connectivity index (χ3v) is 5.45. The minimum Gasteiger partial charge on any atom is -0.497 e. The first-order valence-corrected chi connectivity index (χ1v) is 10.8. The number of aliphatic imine (C=N–C) groups is 1. The molecule has 1 aliphatic heterocycles. The lowest BCUT2D eigenvalue weighted by Crippen LogP contribution is -2.32. The van der Waals surface area contributed by atoms with Gasteiger partial charge in [0.25, 0.3) is 5.91 Å². The molecule has 0 unspecified atom stereocenters. The van der Waals surface area contributed by atoms with Gasteiger partial charge in [-0.05, 0) is 29.3 Å². The van der Waals surface area contributed by atoms with Crippen LogP contribution in [0.4, 0.5) is 0 Å². The van der Waals surface area contributed by atoms with E-state index in [0.29, 0.717) is 30.6 Å². The van der Waals surface area contributed by atoms with Gasteiger partial charge in [-0.1, -0.05) is 54.2 Å². The van der Waals surface area contributed by atoms with E-state index in [1.165, 1.54) is 11.8 Å². The maximum Gasteiger partial charge on any atom is 0.278 e. The molecular formula is C23H25N3O4S. The first-order chi connectivity index (χ1) is 15.1. The molecule has 8 heteroatoms. The Labute approximate surface area is 186 Å². The Kier molecular flexibility index (Phi) is 8.26. The zero-order valence-corrected chi connectivity index (χ0v) is 18.4. The standard InChI is InChI=1S/C23H25N3O4S/c1-29-13-12-24-21(27)16-31-23-25-20(14-17-8-10-19(30-2)11-9-17)22(28)26(23)15-18-6-4-3-5-7-18/h3-11,14H,12-13,15-16H2,1-2H3,(H,24,27)/b20-14-. The molecule has 31 heavy (non-hydrogen) atoms. The van der Waals surface area contributed by atoms with E-state index in [-0.39, 0.29) is 17.6 Å². The molecule has 0 atom stereocenters.